The summed E-state index contributed by atoms with van der Waals surface area (Å²) in [7, 11) is 0. The summed E-state index contributed by atoms with van der Waals surface area (Å²) in [6.07, 6.45) is 2.34. The molecule has 0 aliphatic rings. The number of amides is 4. The van der Waals surface area contributed by atoms with E-state index < -0.39 is 24.7 Å². The normalized spacial score (nSPS) is 13.8. The van der Waals surface area contributed by atoms with Crippen molar-refractivity contribution >= 4 is 47.9 Å². The zero-order valence-electron chi connectivity index (χ0n) is 20.6. The smallest absolute Gasteiger partial charge is 0.325 e. The van der Waals surface area contributed by atoms with E-state index in [9.17, 15) is 18.7 Å². The van der Waals surface area contributed by atoms with Gasteiger partial charge in [0.15, 0.2) is 12.7 Å². The second kappa shape index (κ2) is 17.2. The SMILES string of the molecule is CCCCC(NC(=O)NSP(=O)(CC)CC)C(CCCC)NC(=O)NSP(=O)(CC)CC. The third-order valence-electron chi connectivity index (χ3n) is 5.39. The third-order valence-corrected chi connectivity index (χ3v) is 16.1. The summed E-state index contributed by atoms with van der Waals surface area (Å²) in [5, 5.41) is 5.97. The monoisotopic (exact) mass is 530 g/mol. The average Bonchev–Trinajstić information content (AvgIpc) is 2.81. The Morgan fingerprint density at radius 1 is 0.656 bits per heavy atom. The number of rotatable bonds is 17. The van der Waals surface area contributed by atoms with Gasteiger partial charge in [-0.05, 0) is 12.8 Å². The fraction of sp³-hybridized carbons (Fsp3) is 0.900. The molecule has 190 valence electrons. The number of urea groups is 2. The summed E-state index contributed by atoms with van der Waals surface area (Å²) in [6.45, 7) is 11.6. The van der Waals surface area contributed by atoms with E-state index in [-0.39, 0.29) is 12.1 Å². The highest BCUT2D eigenvalue weighted by atomic mass is 32.7. The standard InChI is InChI=1S/C20H44N4O4P2S2/c1-7-13-15-17(21-19(25)23-31-29(27,9-3)10-4)18(16-14-8-2)22-20(26)24-32-30(28,11-5)12-6/h17-18H,7-16H2,1-6H3,(H2,21,23,25)(H2,22,24,26). The van der Waals surface area contributed by atoms with Crippen molar-refractivity contribution in [1.29, 1.82) is 0 Å². The first kappa shape index (κ1) is 31.7. The van der Waals surface area contributed by atoms with Gasteiger partial charge >= 0.3 is 12.1 Å². The van der Waals surface area contributed by atoms with Crippen LogP contribution in [0.5, 0.6) is 0 Å². The van der Waals surface area contributed by atoms with Gasteiger partial charge in [-0.1, -0.05) is 67.2 Å². The van der Waals surface area contributed by atoms with Crippen LogP contribution >= 0.6 is 35.8 Å². The first-order chi connectivity index (χ1) is 15.1. The zero-order valence-corrected chi connectivity index (χ0v) is 24.0. The van der Waals surface area contributed by atoms with E-state index in [0.717, 1.165) is 61.7 Å². The molecule has 2 unspecified atom stereocenters. The second-order valence-electron chi connectivity index (χ2n) is 7.73. The number of hydrogen-bond acceptors (Lipinski definition) is 6. The number of unbranched alkanes of at least 4 members (excludes halogenated alkanes) is 2. The van der Waals surface area contributed by atoms with Crippen LogP contribution in [0.25, 0.3) is 0 Å². The molecule has 4 N–H and O–H groups in total. The van der Waals surface area contributed by atoms with Crippen LogP contribution in [0.1, 0.15) is 80.1 Å². The first-order valence-electron chi connectivity index (χ1n) is 11.8. The summed E-state index contributed by atoms with van der Waals surface area (Å²) >= 11 is 2.03. The van der Waals surface area contributed by atoms with Crippen molar-refractivity contribution in [1.82, 2.24) is 20.1 Å². The van der Waals surface area contributed by atoms with Gasteiger partial charge < -0.3 is 19.8 Å². The summed E-state index contributed by atoms with van der Waals surface area (Å²) in [5.41, 5.74) is 0. The van der Waals surface area contributed by atoms with Gasteiger partial charge in [0.05, 0.1) is 12.1 Å². The Balaban J connectivity index is 5.21. The maximum Gasteiger partial charge on any atom is 0.325 e. The number of hydrogen-bond donors (Lipinski definition) is 4. The molecule has 0 saturated carbocycles. The Labute approximate surface area is 203 Å². The van der Waals surface area contributed by atoms with Crippen molar-refractivity contribution in [3.63, 3.8) is 0 Å². The molecule has 0 bridgehead atoms. The highest BCUT2D eigenvalue weighted by Crippen LogP contribution is 2.56. The molecule has 4 amide bonds. The van der Waals surface area contributed by atoms with Crippen molar-refractivity contribution in [3.05, 3.63) is 0 Å². The van der Waals surface area contributed by atoms with Crippen LogP contribution in [0.4, 0.5) is 9.59 Å². The number of carbonyl (C=O) groups excluding carboxylic acids is 2. The molecule has 0 radical (unpaired) electrons. The van der Waals surface area contributed by atoms with Gasteiger partial charge in [0.2, 0.25) is 0 Å². The molecule has 0 rings (SSSR count). The molecule has 0 aliphatic carbocycles. The van der Waals surface area contributed by atoms with Crippen molar-refractivity contribution in [2.75, 3.05) is 24.6 Å². The molecule has 12 heteroatoms. The lowest BCUT2D eigenvalue weighted by Crippen LogP contribution is -2.54. The summed E-state index contributed by atoms with van der Waals surface area (Å²) in [4.78, 5) is 25.1. The van der Waals surface area contributed by atoms with E-state index >= 15 is 0 Å². The van der Waals surface area contributed by atoms with Gasteiger partial charge in [-0.15, -0.1) is 0 Å². The van der Waals surface area contributed by atoms with Crippen LogP contribution in [0.15, 0.2) is 0 Å². The minimum Gasteiger partial charge on any atom is -0.333 e. The molecule has 0 spiro atoms. The van der Waals surface area contributed by atoms with Crippen LogP contribution in [0, 0.1) is 0 Å². The average molecular weight is 531 g/mol. The van der Waals surface area contributed by atoms with E-state index in [0.29, 0.717) is 24.6 Å². The van der Waals surface area contributed by atoms with Gasteiger partial charge in [0, 0.05) is 47.8 Å². The summed E-state index contributed by atoms with van der Waals surface area (Å²) in [5.74, 6) is 0. The summed E-state index contributed by atoms with van der Waals surface area (Å²) in [6, 6.07) is -1.30. The fourth-order valence-electron chi connectivity index (χ4n) is 2.95. The predicted octanol–water partition coefficient (Wildman–Crippen LogP) is 6.63. The zero-order chi connectivity index (χ0) is 24.6. The minimum atomic E-state index is -2.46. The number of carbonyl (C=O) groups is 2. The topological polar surface area (TPSA) is 116 Å². The fourth-order valence-corrected chi connectivity index (χ4v) is 8.02. The molecule has 0 saturated heterocycles. The van der Waals surface area contributed by atoms with Crippen LogP contribution in [0.3, 0.4) is 0 Å². The molecule has 0 aromatic heterocycles. The van der Waals surface area contributed by atoms with E-state index in [4.69, 9.17) is 0 Å². The van der Waals surface area contributed by atoms with Crippen LogP contribution in [-0.4, -0.2) is 48.8 Å². The van der Waals surface area contributed by atoms with Crippen LogP contribution in [-0.2, 0) is 9.13 Å². The van der Waals surface area contributed by atoms with E-state index in [2.05, 4.69) is 33.9 Å². The maximum atomic E-state index is 12.6. The lowest BCUT2D eigenvalue weighted by Gasteiger charge is -2.29. The van der Waals surface area contributed by atoms with Crippen molar-refractivity contribution in [3.8, 4) is 0 Å². The second-order valence-corrected chi connectivity index (χ2v) is 19.4. The van der Waals surface area contributed by atoms with E-state index in [1.807, 2.05) is 27.7 Å². The molecule has 0 aromatic rings. The molecule has 8 nitrogen and oxygen atoms in total. The van der Waals surface area contributed by atoms with Crippen molar-refractivity contribution in [2.24, 2.45) is 0 Å². The third kappa shape index (κ3) is 12.8. The Morgan fingerprint density at radius 3 is 1.22 bits per heavy atom. The summed E-state index contributed by atoms with van der Waals surface area (Å²) < 4.78 is 30.5. The van der Waals surface area contributed by atoms with Gasteiger partial charge in [-0.25, -0.2) is 9.59 Å². The van der Waals surface area contributed by atoms with Crippen molar-refractivity contribution < 1.29 is 18.7 Å². The number of nitrogens with one attached hydrogen (secondary N) is 4. The molecule has 0 aliphatic heterocycles. The molecule has 32 heavy (non-hydrogen) atoms. The lowest BCUT2D eigenvalue weighted by atomic mass is 9.97. The maximum absolute atomic E-state index is 12.6. The molecule has 0 fully saturated rings. The van der Waals surface area contributed by atoms with E-state index in [1.54, 1.807) is 0 Å². The highest BCUT2D eigenvalue weighted by molar-refractivity contribution is 8.57. The van der Waals surface area contributed by atoms with Gasteiger partial charge in [-0.3, -0.25) is 9.44 Å². The highest BCUT2D eigenvalue weighted by Gasteiger charge is 2.27. The van der Waals surface area contributed by atoms with Gasteiger partial charge in [0.1, 0.15) is 0 Å². The minimum absolute atomic E-state index is 0.260. The molecule has 0 aromatic carbocycles. The molecular formula is C20H44N4O4P2S2. The van der Waals surface area contributed by atoms with Crippen LogP contribution < -0.4 is 20.1 Å². The molecule has 0 heterocycles. The lowest BCUT2D eigenvalue weighted by molar-refractivity contribution is 0.225. The quantitative estimate of drug-likeness (QED) is 0.124. The van der Waals surface area contributed by atoms with Crippen molar-refractivity contribution in [2.45, 2.75) is 92.2 Å². The Kier molecular flexibility index (Phi) is 17.0. The van der Waals surface area contributed by atoms with Crippen LogP contribution in [0.2, 0.25) is 0 Å². The Hall–Kier alpha value is -0.300. The Bertz CT molecular complexity index is 585. The Morgan fingerprint density at radius 2 is 0.969 bits per heavy atom. The van der Waals surface area contributed by atoms with Gasteiger partial charge in [-0.2, -0.15) is 0 Å². The van der Waals surface area contributed by atoms with Gasteiger partial charge in [0.25, 0.3) is 0 Å². The molecule has 2 atom stereocenters. The first-order valence-corrected chi connectivity index (χ1v) is 18.8. The largest absolute Gasteiger partial charge is 0.333 e. The van der Waals surface area contributed by atoms with E-state index in [1.165, 1.54) is 0 Å². The molecular weight excluding hydrogens is 486 g/mol. The predicted molar refractivity (Wildman–Crippen MR) is 143 cm³/mol.